The lowest BCUT2D eigenvalue weighted by Gasteiger charge is -2.24. The molecular formula is C58H38N4O. The van der Waals surface area contributed by atoms with Crippen molar-refractivity contribution in [2.24, 2.45) is 0 Å². The lowest BCUT2D eigenvalue weighted by atomic mass is 9.79. The minimum absolute atomic E-state index is 0.285. The predicted octanol–water partition coefficient (Wildman–Crippen LogP) is 15.0. The van der Waals surface area contributed by atoms with Gasteiger partial charge in [-0.05, 0) is 81.1 Å². The number of fused-ring (bicyclic) bond motifs is 11. The summed E-state index contributed by atoms with van der Waals surface area (Å²) < 4.78 is 9.04. The van der Waals surface area contributed by atoms with Gasteiger partial charge in [-0.25, -0.2) is 15.0 Å². The average molecular weight is 807 g/mol. The van der Waals surface area contributed by atoms with E-state index < -0.39 is 0 Å². The first-order valence-electron chi connectivity index (χ1n) is 21.5. The van der Waals surface area contributed by atoms with Gasteiger partial charge in [-0.3, -0.25) is 0 Å². The van der Waals surface area contributed by atoms with E-state index in [1.54, 1.807) is 0 Å². The van der Waals surface area contributed by atoms with E-state index in [0.717, 1.165) is 66.5 Å². The Morgan fingerprint density at radius 1 is 0.429 bits per heavy atom. The summed E-state index contributed by atoms with van der Waals surface area (Å²) in [7, 11) is 0. The van der Waals surface area contributed by atoms with Crippen LogP contribution in [0.15, 0.2) is 199 Å². The summed E-state index contributed by atoms with van der Waals surface area (Å²) in [4.78, 5) is 15.7. The second-order valence-corrected chi connectivity index (χ2v) is 17.2. The summed E-state index contributed by atoms with van der Waals surface area (Å²) >= 11 is 0. The molecule has 5 nitrogen and oxygen atoms in total. The zero-order valence-electron chi connectivity index (χ0n) is 34.7. The topological polar surface area (TPSA) is 56.7 Å². The van der Waals surface area contributed by atoms with Gasteiger partial charge in [0.1, 0.15) is 11.2 Å². The molecule has 9 aromatic carbocycles. The van der Waals surface area contributed by atoms with Gasteiger partial charge >= 0.3 is 0 Å². The fourth-order valence-electron chi connectivity index (χ4n) is 10.3. The van der Waals surface area contributed by atoms with Gasteiger partial charge in [0.05, 0.1) is 11.0 Å². The SMILES string of the molecule is CC1(C)c2ccc(-c3nc(-c4ccccc4)nc(-c4ccc5c6ccccc6n(-c6ccccc6)c5c4)n3)cc2-c2c(-c3cccc4c3oc3ccccc34)cc3ccccc3c21. The molecule has 1 aliphatic carbocycles. The highest BCUT2D eigenvalue weighted by molar-refractivity contribution is 6.14. The molecule has 3 aromatic heterocycles. The van der Waals surface area contributed by atoms with Gasteiger partial charge in [0.2, 0.25) is 0 Å². The number of para-hydroxylation sites is 4. The number of nitrogens with zero attached hydrogens (tertiary/aromatic N) is 4. The zero-order valence-corrected chi connectivity index (χ0v) is 34.7. The van der Waals surface area contributed by atoms with Gasteiger partial charge in [-0.2, -0.15) is 0 Å². The quantitative estimate of drug-likeness (QED) is 0.174. The fourth-order valence-corrected chi connectivity index (χ4v) is 10.3. The predicted molar refractivity (Wildman–Crippen MR) is 258 cm³/mol. The standard InChI is InChI=1S/C58H38N4O/c1-58(2)48-31-29-37(33-47(48)52-46(32-36-18-9-10-21-40(36)53(52)58)45-25-15-24-44-43-23-12-14-27-51(43)63-54(44)45)56-59-55(35-16-5-3-6-17-35)60-57(61-56)38-28-30-42-41-22-11-13-26-49(41)62(50(42)34-38)39-19-7-4-8-20-39/h3-34H,1-2H3. The maximum Gasteiger partial charge on any atom is 0.164 e. The molecule has 0 saturated heterocycles. The molecule has 296 valence electrons. The summed E-state index contributed by atoms with van der Waals surface area (Å²) in [5, 5.41) is 7.08. The third-order valence-corrected chi connectivity index (χ3v) is 13.2. The number of rotatable bonds is 5. The van der Waals surface area contributed by atoms with E-state index in [2.05, 4.69) is 188 Å². The normalized spacial score (nSPS) is 13.0. The van der Waals surface area contributed by atoms with Crippen LogP contribution in [0.1, 0.15) is 25.0 Å². The van der Waals surface area contributed by atoms with E-state index in [1.165, 1.54) is 43.8 Å². The third-order valence-electron chi connectivity index (χ3n) is 13.2. The van der Waals surface area contributed by atoms with Crippen molar-refractivity contribution in [1.82, 2.24) is 19.5 Å². The molecule has 0 N–H and O–H groups in total. The second kappa shape index (κ2) is 13.4. The molecule has 0 amide bonds. The van der Waals surface area contributed by atoms with Crippen LogP contribution < -0.4 is 0 Å². The lowest BCUT2D eigenvalue weighted by molar-refractivity contribution is 0.666. The van der Waals surface area contributed by atoms with Gasteiger partial charge < -0.3 is 8.98 Å². The molecule has 0 radical (unpaired) electrons. The Labute approximate surface area is 363 Å². The maximum absolute atomic E-state index is 6.70. The molecule has 0 saturated carbocycles. The molecule has 12 aromatic rings. The van der Waals surface area contributed by atoms with Crippen LogP contribution in [-0.2, 0) is 5.41 Å². The van der Waals surface area contributed by atoms with E-state index in [-0.39, 0.29) is 5.41 Å². The first-order chi connectivity index (χ1) is 31.0. The first-order valence-corrected chi connectivity index (χ1v) is 21.5. The molecule has 5 heteroatoms. The Kier molecular flexibility index (Phi) is 7.58. The van der Waals surface area contributed by atoms with E-state index in [4.69, 9.17) is 19.4 Å². The summed E-state index contributed by atoms with van der Waals surface area (Å²) in [6, 6.07) is 68.8. The minimum atomic E-state index is -0.285. The van der Waals surface area contributed by atoms with Crippen molar-refractivity contribution < 1.29 is 4.42 Å². The maximum atomic E-state index is 6.70. The van der Waals surface area contributed by atoms with Crippen LogP contribution in [-0.4, -0.2) is 19.5 Å². The van der Waals surface area contributed by atoms with Gasteiger partial charge in [0.15, 0.2) is 17.5 Å². The van der Waals surface area contributed by atoms with Crippen LogP contribution in [0.5, 0.6) is 0 Å². The van der Waals surface area contributed by atoms with Crippen LogP contribution in [0.4, 0.5) is 0 Å². The molecular weight excluding hydrogens is 769 g/mol. The van der Waals surface area contributed by atoms with Crippen LogP contribution in [0, 0.1) is 0 Å². The highest BCUT2D eigenvalue weighted by Gasteiger charge is 2.39. The second-order valence-electron chi connectivity index (χ2n) is 17.2. The van der Waals surface area contributed by atoms with Gasteiger partial charge in [0.25, 0.3) is 0 Å². The molecule has 0 atom stereocenters. The lowest BCUT2D eigenvalue weighted by Crippen LogP contribution is -2.15. The number of aromatic nitrogens is 4. The fraction of sp³-hybridized carbons (Fsp3) is 0.0517. The Morgan fingerprint density at radius 2 is 1.05 bits per heavy atom. The van der Waals surface area contributed by atoms with Crippen molar-refractivity contribution in [3.8, 4) is 62.1 Å². The number of hydrogen-bond donors (Lipinski definition) is 0. The van der Waals surface area contributed by atoms with E-state index in [0.29, 0.717) is 17.5 Å². The van der Waals surface area contributed by atoms with E-state index in [9.17, 15) is 0 Å². The average Bonchev–Trinajstić information content (AvgIpc) is 3.97. The largest absolute Gasteiger partial charge is 0.455 e. The van der Waals surface area contributed by atoms with Crippen LogP contribution in [0.3, 0.4) is 0 Å². The molecule has 0 unspecified atom stereocenters. The Balaban J connectivity index is 1.04. The molecule has 63 heavy (non-hydrogen) atoms. The molecule has 0 fully saturated rings. The van der Waals surface area contributed by atoms with Crippen LogP contribution in [0.2, 0.25) is 0 Å². The number of hydrogen-bond acceptors (Lipinski definition) is 4. The first kappa shape index (κ1) is 35.6. The molecule has 3 heterocycles. The monoisotopic (exact) mass is 806 g/mol. The molecule has 0 aliphatic heterocycles. The van der Waals surface area contributed by atoms with Crippen molar-refractivity contribution in [2.75, 3.05) is 0 Å². The highest BCUT2D eigenvalue weighted by Crippen LogP contribution is 2.56. The Hall–Kier alpha value is -8.15. The molecule has 1 aliphatic rings. The highest BCUT2D eigenvalue weighted by atomic mass is 16.3. The minimum Gasteiger partial charge on any atom is -0.455 e. The Bertz CT molecular complexity index is 3820. The summed E-state index contributed by atoms with van der Waals surface area (Å²) in [6.45, 7) is 4.71. The smallest absolute Gasteiger partial charge is 0.164 e. The molecule has 13 rings (SSSR count). The Morgan fingerprint density at radius 3 is 1.86 bits per heavy atom. The van der Waals surface area contributed by atoms with Crippen molar-refractivity contribution >= 4 is 54.5 Å². The van der Waals surface area contributed by atoms with E-state index >= 15 is 0 Å². The van der Waals surface area contributed by atoms with Gasteiger partial charge in [-0.15, -0.1) is 0 Å². The van der Waals surface area contributed by atoms with Crippen molar-refractivity contribution in [1.29, 1.82) is 0 Å². The van der Waals surface area contributed by atoms with E-state index in [1.807, 2.05) is 24.3 Å². The van der Waals surface area contributed by atoms with Crippen LogP contribution >= 0.6 is 0 Å². The van der Waals surface area contributed by atoms with Crippen molar-refractivity contribution in [3.05, 3.63) is 205 Å². The summed E-state index contributed by atoms with van der Waals surface area (Å²) in [5.41, 5.74) is 14.9. The number of benzene rings is 9. The summed E-state index contributed by atoms with van der Waals surface area (Å²) in [6.07, 6.45) is 0. The summed E-state index contributed by atoms with van der Waals surface area (Å²) in [5.74, 6) is 1.87. The van der Waals surface area contributed by atoms with Crippen molar-refractivity contribution in [2.45, 2.75) is 19.3 Å². The molecule has 0 bridgehead atoms. The number of furan rings is 1. The zero-order chi connectivity index (χ0) is 41.8. The molecule has 0 spiro atoms. The van der Waals surface area contributed by atoms with Gasteiger partial charge in [-0.1, -0.05) is 166 Å². The third kappa shape index (κ3) is 5.33. The van der Waals surface area contributed by atoms with Crippen molar-refractivity contribution in [3.63, 3.8) is 0 Å². The van der Waals surface area contributed by atoms with Gasteiger partial charge in [0, 0.05) is 54.9 Å². The van der Waals surface area contributed by atoms with Crippen LogP contribution in [0.25, 0.3) is 117 Å².